The zero-order valence-electron chi connectivity index (χ0n) is 15.5. The molecule has 5 heteroatoms. The molecule has 2 heterocycles. The Morgan fingerprint density at radius 2 is 2.00 bits per heavy atom. The van der Waals surface area contributed by atoms with E-state index >= 15 is 0 Å². The third-order valence-electron chi connectivity index (χ3n) is 5.09. The monoisotopic (exact) mass is 361 g/mol. The van der Waals surface area contributed by atoms with Crippen molar-refractivity contribution in [2.75, 3.05) is 13.2 Å². The van der Waals surface area contributed by atoms with Gasteiger partial charge in [-0.3, -0.25) is 14.8 Å². The van der Waals surface area contributed by atoms with Gasteiger partial charge in [0.25, 0.3) is 5.91 Å². The number of fused-ring (bicyclic) bond motifs is 1. The molecule has 1 aromatic heterocycles. The van der Waals surface area contributed by atoms with Crippen molar-refractivity contribution in [2.24, 2.45) is 0 Å². The van der Waals surface area contributed by atoms with Crippen LogP contribution in [-0.2, 0) is 11.3 Å². The molecule has 0 radical (unpaired) electrons. The number of hydrogen-bond acceptors (Lipinski definition) is 4. The van der Waals surface area contributed by atoms with Crippen LogP contribution in [0.5, 0.6) is 0 Å². The van der Waals surface area contributed by atoms with Crippen molar-refractivity contribution in [2.45, 2.75) is 32.4 Å². The zero-order valence-corrected chi connectivity index (χ0v) is 15.5. The quantitative estimate of drug-likeness (QED) is 0.694. The van der Waals surface area contributed by atoms with Gasteiger partial charge < -0.3 is 9.64 Å². The molecule has 0 saturated carbocycles. The molecule has 1 fully saturated rings. The summed E-state index contributed by atoms with van der Waals surface area (Å²) in [5.74, 6) is -0.0279. The molecular formula is C22H23N3O2. The van der Waals surface area contributed by atoms with Gasteiger partial charge in [0.15, 0.2) is 0 Å². The van der Waals surface area contributed by atoms with Crippen molar-refractivity contribution < 1.29 is 9.53 Å². The number of aryl methyl sites for hydroxylation is 1. The lowest BCUT2D eigenvalue weighted by molar-refractivity contribution is 0.0508. The van der Waals surface area contributed by atoms with Crippen LogP contribution < -0.4 is 0 Å². The molecule has 27 heavy (non-hydrogen) atoms. The number of amides is 1. The predicted molar refractivity (Wildman–Crippen MR) is 104 cm³/mol. The van der Waals surface area contributed by atoms with Crippen LogP contribution in [0, 0.1) is 6.92 Å². The van der Waals surface area contributed by atoms with Gasteiger partial charge in [-0.25, -0.2) is 0 Å². The Hall–Kier alpha value is -2.79. The van der Waals surface area contributed by atoms with Crippen LogP contribution in [0.2, 0.25) is 0 Å². The molecule has 5 nitrogen and oxygen atoms in total. The van der Waals surface area contributed by atoms with E-state index in [1.54, 1.807) is 12.4 Å². The number of carbonyl (C=O) groups is 1. The molecule has 1 aliphatic rings. The molecule has 1 aliphatic heterocycles. The summed E-state index contributed by atoms with van der Waals surface area (Å²) in [5.41, 5.74) is 4.30. The fraction of sp³-hybridized carbons (Fsp3) is 0.318. The van der Waals surface area contributed by atoms with Crippen LogP contribution in [0.3, 0.4) is 0 Å². The maximum atomic E-state index is 13.5. The lowest BCUT2D eigenvalue weighted by Crippen LogP contribution is -2.37. The average molecular weight is 361 g/mol. The number of ether oxygens (including phenoxy) is 1. The molecule has 1 amide bonds. The van der Waals surface area contributed by atoms with Gasteiger partial charge in [0.2, 0.25) is 0 Å². The van der Waals surface area contributed by atoms with E-state index in [0.29, 0.717) is 24.2 Å². The maximum absolute atomic E-state index is 13.5. The van der Waals surface area contributed by atoms with E-state index in [-0.39, 0.29) is 12.0 Å². The first kappa shape index (κ1) is 17.6. The molecule has 1 saturated heterocycles. The standard InChI is InChI=1S/C22H23N3O2/c1-16-6-2-3-7-17(16)14-25(15-18-8-5-13-27-18)22(26)19-9-4-10-20-21(19)24-12-11-23-20/h2-4,6-7,9-12,18H,5,8,13-15H2,1H3. The largest absolute Gasteiger partial charge is 0.376 e. The molecule has 0 aliphatic carbocycles. The van der Waals surface area contributed by atoms with Crippen molar-refractivity contribution in [3.63, 3.8) is 0 Å². The fourth-order valence-corrected chi connectivity index (χ4v) is 3.58. The second-order valence-electron chi connectivity index (χ2n) is 6.98. The van der Waals surface area contributed by atoms with Gasteiger partial charge in [0.05, 0.1) is 17.2 Å². The fourth-order valence-electron chi connectivity index (χ4n) is 3.58. The van der Waals surface area contributed by atoms with Crippen LogP contribution in [0.4, 0.5) is 0 Å². The van der Waals surface area contributed by atoms with Crippen molar-refractivity contribution in [3.8, 4) is 0 Å². The van der Waals surface area contributed by atoms with Crippen LogP contribution in [0.1, 0.15) is 34.3 Å². The first-order valence-corrected chi connectivity index (χ1v) is 9.37. The lowest BCUT2D eigenvalue weighted by Gasteiger charge is -2.26. The Morgan fingerprint density at radius 3 is 2.81 bits per heavy atom. The minimum atomic E-state index is -0.0279. The molecule has 3 aromatic rings. The number of para-hydroxylation sites is 1. The van der Waals surface area contributed by atoms with Crippen molar-refractivity contribution in [1.82, 2.24) is 14.9 Å². The predicted octanol–water partition coefficient (Wildman–Crippen LogP) is 3.76. The summed E-state index contributed by atoms with van der Waals surface area (Å²) in [4.78, 5) is 24.1. The van der Waals surface area contributed by atoms with Crippen molar-refractivity contribution in [3.05, 3.63) is 71.5 Å². The summed E-state index contributed by atoms with van der Waals surface area (Å²) < 4.78 is 5.80. The first-order valence-electron chi connectivity index (χ1n) is 9.37. The van der Waals surface area contributed by atoms with Gasteiger partial charge >= 0.3 is 0 Å². The second kappa shape index (κ2) is 7.84. The zero-order chi connectivity index (χ0) is 18.6. The summed E-state index contributed by atoms with van der Waals surface area (Å²) in [7, 11) is 0. The van der Waals surface area contributed by atoms with Gasteiger partial charge in [0.1, 0.15) is 5.52 Å². The molecule has 1 unspecified atom stereocenters. The van der Waals surface area contributed by atoms with E-state index in [1.165, 1.54) is 5.56 Å². The molecular weight excluding hydrogens is 338 g/mol. The lowest BCUT2D eigenvalue weighted by atomic mass is 10.1. The molecule has 1 atom stereocenters. The van der Waals surface area contributed by atoms with Gasteiger partial charge in [-0.1, -0.05) is 30.3 Å². The molecule has 0 N–H and O–H groups in total. The van der Waals surface area contributed by atoms with E-state index in [2.05, 4.69) is 29.0 Å². The first-order chi connectivity index (χ1) is 13.2. The molecule has 4 rings (SSSR count). The van der Waals surface area contributed by atoms with Crippen LogP contribution in [0.25, 0.3) is 11.0 Å². The van der Waals surface area contributed by atoms with E-state index in [9.17, 15) is 4.79 Å². The summed E-state index contributed by atoms with van der Waals surface area (Å²) in [6.45, 7) is 4.00. The molecule has 0 spiro atoms. The summed E-state index contributed by atoms with van der Waals surface area (Å²) >= 11 is 0. The van der Waals surface area contributed by atoms with Gasteiger partial charge in [-0.2, -0.15) is 0 Å². The molecule has 138 valence electrons. The third-order valence-corrected chi connectivity index (χ3v) is 5.09. The molecule has 2 aromatic carbocycles. The number of aromatic nitrogens is 2. The number of nitrogens with zero attached hydrogens (tertiary/aromatic N) is 3. The highest BCUT2D eigenvalue weighted by Gasteiger charge is 2.25. The van der Waals surface area contributed by atoms with Crippen molar-refractivity contribution >= 4 is 16.9 Å². The number of carbonyl (C=O) groups excluding carboxylic acids is 1. The minimum absolute atomic E-state index is 0.0279. The van der Waals surface area contributed by atoms with Gasteiger partial charge in [0, 0.05) is 32.1 Å². The topological polar surface area (TPSA) is 55.3 Å². The van der Waals surface area contributed by atoms with Gasteiger partial charge in [-0.15, -0.1) is 0 Å². The Kier molecular flexibility index (Phi) is 5.12. The number of hydrogen-bond donors (Lipinski definition) is 0. The Morgan fingerprint density at radius 1 is 1.15 bits per heavy atom. The molecule has 0 bridgehead atoms. The van der Waals surface area contributed by atoms with E-state index in [4.69, 9.17) is 4.74 Å². The number of benzene rings is 2. The Bertz CT molecular complexity index is 946. The highest BCUT2D eigenvalue weighted by atomic mass is 16.5. The maximum Gasteiger partial charge on any atom is 0.256 e. The SMILES string of the molecule is Cc1ccccc1CN(CC1CCCO1)C(=O)c1cccc2nccnc12. The number of rotatable bonds is 5. The Labute approximate surface area is 159 Å². The van der Waals surface area contributed by atoms with Crippen LogP contribution >= 0.6 is 0 Å². The second-order valence-corrected chi connectivity index (χ2v) is 6.98. The van der Waals surface area contributed by atoms with Crippen LogP contribution in [0.15, 0.2) is 54.9 Å². The highest BCUT2D eigenvalue weighted by molar-refractivity contribution is 6.04. The average Bonchev–Trinajstić information content (AvgIpc) is 3.21. The summed E-state index contributed by atoms with van der Waals surface area (Å²) in [6.07, 6.45) is 5.42. The normalized spacial score (nSPS) is 16.6. The van der Waals surface area contributed by atoms with E-state index in [0.717, 1.165) is 30.5 Å². The van der Waals surface area contributed by atoms with Crippen molar-refractivity contribution in [1.29, 1.82) is 0 Å². The van der Waals surface area contributed by atoms with Gasteiger partial charge in [-0.05, 0) is 43.0 Å². The van der Waals surface area contributed by atoms with E-state index < -0.39 is 0 Å². The third kappa shape index (κ3) is 3.83. The van der Waals surface area contributed by atoms with E-state index in [1.807, 2.05) is 35.2 Å². The smallest absolute Gasteiger partial charge is 0.256 e. The minimum Gasteiger partial charge on any atom is -0.376 e. The summed E-state index contributed by atoms with van der Waals surface area (Å²) in [5, 5.41) is 0. The Balaban J connectivity index is 1.68. The summed E-state index contributed by atoms with van der Waals surface area (Å²) in [6, 6.07) is 13.8. The highest BCUT2D eigenvalue weighted by Crippen LogP contribution is 2.21. The van der Waals surface area contributed by atoms with Crippen LogP contribution in [-0.4, -0.2) is 40.0 Å².